The number of hydrogen-bond donors (Lipinski definition) is 2. The molecule has 1 fully saturated rings. The second-order valence-corrected chi connectivity index (χ2v) is 10.1. The van der Waals surface area contributed by atoms with Crippen molar-refractivity contribution in [3.8, 4) is 0 Å². The molecule has 0 amide bonds. The predicted octanol–water partition coefficient (Wildman–Crippen LogP) is 5.77. The molecule has 0 bridgehead atoms. The van der Waals surface area contributed by atoms with E-state index in [0.717, 1.165) is 30.8 Å². The number of aldehydes is 1. The molecule has 3 rings (SSSR count). The van der Waals surface area contributed by atoms with E-state index in [-0.39, 0.29) is 12.5 Å². The number of aliphatic hydroxyl groups excluding tert-OH is 1. The van der Waals surface area contributed by atoms with Crippen molar-refractivity contribution in [3.63, 3.8) is 0 Å². The molecule has 0 spiro atoms. The molecule has 1 aliphatic rings. The van der Waals surface area contributed by atoms with Crippen molar-refractivity contribution in [2.24, 2.45) is 5.41 Å². The second-order valence-electron chi connectivity index (χ2n) is 10.1. The molecular formula is C27H44N4O2. The highest BCUT2D eigenvalue weighted by Crippen LogP contribution is 2.39. The number of carbonyl (C=O) groups excluding carboxylic acids is 1. The monoisotopic (exact) mass is 456 g/mol. The quantitative estimate of drug-likeness (QED) is 0.396. The number of hydrogen-bond acceptors (Lipinski definition) is 5. The van der Waals surface area contributed by atoms with Crippen molar-refractivity contribution >= 4 is 12.0 Å². The SMILES string of the molecule is CCC(C)(C)CCCc1nnc([C@H](CC=O)CCO)n1C1CC1.CNc1ccc(C)cc1C. The topological polar surface area (TPSA) is 80.0 Å². The number of aliphatic hydroxyl groups is 1. The molecule has 2 aromatic rings. The molecule has 1 saturated carbocycles. The maximum Gasteiger partial charge on any atom is 0.136 e. The fourth-order valence-electron chi connectivity index (χ4n) is 4.14. The Morgan fingerprint density at radius 2 is 2.00 bits per heavy atom. The molecule has 0 unspecified atom stereocenters. The molecule has 1 heterocycles. The average Bonchev–Trinajstić information content (AvgIpc) is 3.53. The molecular weight excluding hydrogens is 412 g/mol. The van der Waals surface area contributed by atoms with E-state index in [9.17, 15) is 9.90 Å². The van der Waals surface area contributed by atoms with Crippen molar-refractivity contribution in [1.82, 2.24) is 14.8 Å². The Balaban J connectivity index is 0.000000321. The summed E-state index contributed by atoms with van der Waals surface area (Å²) in [6.45, 7) is 11.2. The smallest absolute Gasteiger partial charge is 0.136 e. The predicted molar refractivity (Wildman–Crippen MR) is 136 cm³/mol. The Bertz CT molecular complexity index is 871. The highest BCUT2D eigenvalue weighted by Gasteiger charge is 2.32. The molecule has 0 saturated heterocycles. The zero-order valence-corrected chi connectivity index (χ0v) is 21.5. The number of aryl methyl sites for hydroxylation is 3. The molecule has 0 radical (unpaired) electrons. The van der Waals surface area contributed by atoms with E-state index in [4.69, 9.17) is 0 Å². The first-order valence-electron chi connectivity index (χ1n) is 12.5. The highest BCUT2D eigenvalue weighted by molar-refractivity contribution is 5.51. The minimum atomic E-state index is -0.00793. The van der Waals surface area contributed by atoms with Crippen LogP contribution in [0.4, 0.5) is 5.69 Å². The van der Waals surface area contributed by atoms with Gasteiger partial charge in [-0.1, -0.05) is 44.9 Å². The van der Waals surface area contributed by atoms with Crippen LogP contribution in [0.2, 0.25) is 0 Å². The van der Waals surface area contributed by atoms with Crippen LogP contribution in [0.15, 0.2) is 18.2 Å². The van der Waals surface area contributed by atoms with Crippen LogP contribution in [0.5, 0.6) is 0 Å². The number of nitrogens with zero attached hydrogens (tertiary/aromatic N) is 3. The zero-order chi connectivity index (χ0) is 24.4. The van der Waals surface area contributed by atoms with Crippen LogP contribution in [0.25, 0.3) is 0 Å². The van der Waals surface area contributed by atoms with E-state index in [1.165, 1.54) is 42.5 Å². The number of nitrogens with one attached hydrogen (secondary N) is 1. The van der Waals surface area contributed by atoms with Gasteiger partial charge < -0.3 is 19.8 Å². The number of anilines is 1. The number of benzene rings is 1. The van der Waals surface area contributed by atoms with E-state index in [2.05, 4.69) is 72.9 Å². The summed E-state index contributed by atoms with van der Waals surface area (Å²) in [4.78, 5) is 10.9. The van der Waals surface area contributed by atoms with Gasteiger partial charge in [0.05, 0.1) is 0 Å². The molecule has 6 nitrogen and oxygen atoms in total. The van der Waals surface area contributed by atoms with Gasteiger partial charge in [0, 0.05) is 44.1 Å². The van der Waals surface area contributed by atoms with Gasteiger partial charge in [0.1, 0.15) is 17.9 Å². The fraction of sp³-hybridized carbons (Fsp3) is 0.667. The van der Waals surface area contributed by atoms with Crippen LogP contribution >= 0.6 is 0 Å². The normalized spacial score (nSPS) is 14.4. The van der Waals surface area contributed by atoms with E-state index < -0.39 is 0 Å². The molecule has 33 heavy (non-hydrogen) atoms. The summed E-state index contributed by atoms with van der Waals surface area (Å²) in [6.07, 6.45) is 8.69. The Morgan fingerprint density at radius 3 is 2.55 bits per heavy atom. The van der Waals surface area contributed by atoms with Gasteiger partial charge in [0.2, 0.25) is 0 Å². The maximum atomic E-state index is 10.9. The van der Waals surface area contributed by atoms with Gasteiger partial charge in [-0.05, 0) is 63.0 Å². The minimum Gasteiger partial charge on any atom is -0.396 e. The molecule has 0 aliphatic heterocycles. The van der Waals surface area contributed by atoms with Crippen LogP contribution < -0.4 is 5.32 Å². The van der Waals surface area contributed by atoms with Crippen molar-refractivity contribution < 1.29 is 9.90 Å². The lowest BCUT2D eigenvalue weighted by atomic mass is 9.85. The average molecular weight is 457 g/mol. The minimum absolute atomic E-state index is 0.00793. The maximum absolute atomic E-state index is 10.9. The molecule has 6 heteroatoms. The summed E-state index contributed by atoms with van der Waals surface area (Å²) in [5, 5.41) is 21.2. The lowest BCUT2D eigenvalue weighted by Crippen LogP contribution is -2.14. The Kier molecular flexibility index (Phi) is 10.6. The molecule has 2 N–H and O–H groups in total. The first-order chi connectivity index (χ1) is 15.8. The molecule has 1 atom stereocenters. The summed E-state index contributed by atoms with van der Waals surface area (Å²) in [7, 11) is 1.94. The Morgan fingerprint density at radius 1 is 1.27 bits per heavy atom. The van der Waals surface area contributed by atoms with Crippen LogP contribution in [0.3, 0.4) is 0 Å². The van der Waals surface area contributed by atoms with Gasteiger partial charge in [0.25, 0.3) is 0 Å². The lowest BCUT2D eigenvalue weighted by Gasteiger charge is -2.22. The second kappa shape index (κ2) is 12.9. The zero-order valence-electron chi connectivity index (χ0n) is 21.5. The summed E-state index contributed by atoms with van der Waals surface area (Å²) in [5.74, 6) is 1.95. The van der Waals surface area contributed by atoms with Crippen LogP contribution in [-0.2, 0) is 11.2 Å². The lowest BCUT2D eigenvalue weighted by molar-refractivity contribution is -0.108. The highest BCUT2D eigenvalue weighted by atomic mass is 16.3. The Labute approximate surface area is 200 Å². The van der Waals surface area contributed by atoms with Crippen molar-refractivity contribution in [1.29, 1.82) is 0 Å². The number of carbonyl (C=O) groups is 1. The first kappa shape index (κ1) is 27.0. The third kappa shape index (κ3) is 8.26. The van der Waals surface area contributed by atoms with Gasteiger partial charge in [-0.15, -0.1) is 10.2 Å². The van der Waals surface area contributed by atoms with Crippen LogP contribution in [0, 0.1) is 19.3 Å². The van der Waals surface area contributed by atoms with E-state index in [1.807, 2.05) is 7.05 Å². The summed E-state index contributed by atoms with van der Waals surface area (Å²) >= 11 is 0. The van der Waals surface area contributed by atoms with Gasteiger partial charge in [-0.3, -0.25) is 0 Å². The number of rotatable bonds is 12. The largest absolute Gasteiger partial charge is 0.396 e. The summed E-state index contributed by atoms with van der Waals surface area (Å²) in [6, 6.07) is 6.89. The summed E-state index contributed by atoms with van der Waals surface area (Å²) in [5.41, 5.74) is 4.22. The fourth-order valence-corrected chi connectivity index (χ4v) is 4.14. The Hall–Kier alpha value is -2.21. The van der Waals surface area contributed by atoms with Crippen molar-refractivity contribution in [2.45, 2.75) is 97.9 Å². The molecule has 184 valence electrons. The third-order valence-electron chi connectivity index (χ3n) is 6.79. The van der Waals surface area contributed by atoms with E-state index in [1.54, 1.807) is 0 Å². The van der Waals surface area contributed by atoms with Crippen LogP contribution in [0.1, 0.15) is 100 Å². The molecule has 1 aliphatic carbocycles. The van der Waals surface area contributed by atoms with E-state index >= 15 is 0 Å². The van der Waals surface area contributed by atoms with Gasteiger partial charge in [-0.2, -0.15) is 0 Å². The first-order valence-corrected chi connectivity index (χ1v) is 12.5. The third-order valence-corrected chi connectivity index (χ3v) is 6.79. The molecule has 1 aromatic carbocycles. The van der Waals surface area contributed by atoms with Gasteiger partial charge >= 0.3 is 0 Å². The van der Waals surface area contributed by atoms with Gasteiger partial charge in [0.15, 0.2) is 0 Å². The van der Waals surface area contributed by atoms with Crippen LogP contribution in [-0.4, -0.2) is 39.8 Å². The summed E-state index contributed by atoms with van der Waals surface area (Å²) < 4.78 is 2.27. The van der Waals surface area contributed by atoms with Gasteiger partial charge in [-0.25, -0.2) is 0 Å². The standard InChI is InChI=1S/C18H31N3O2.C9H13N/c1-4-18(2,3)11-5-6-16-19-20-17(21(16)15-7-8-15)14(9-12-22)10-13-23;1-7-4-5-9(10-3)8(2)6-7/h12,14-15,23H,4-11,13H2,1-3H3;4-6,10H,1-3H3/t14-;/m1./s1. The van der Waals surface area contributed by atoms with Crippen molar-refractivity contribution in [3.05, 3.63) is 41.0 Å². The molecule has 1 aromatic heterocycles. The van der Waals surface area contributed by atoms with Crippen molar-refractivity contribution in [2.75, 3.05) is 19.0 Å². The number of aromatic nitrogens is 3. The van der Waals surface area contributed by atoms with E-state index in [0.29, 0.717) is 24.3 Å².